The van der Waals surface area contributed by atoms with E-state index in [1.807, 2.05) is 0 Å². The standard InChI is InChI=1S/C8H7BrO3/c9-8-5(4-7(11)12)2-1-3-6(8)10/h1-3,10H,4H2,(H,11,12). The number of carbonyl (C=O) groups is 1. The number of halogens is 1. The first-order valence-corrected chi connectivity index (χ1v) is 4.08. The number of hydrogen-bond donors (Lipinski definition) is 2. The van der Waals surface area contributed by atoms with Crippen molar-refractivity contribution in [2.45, 2.75) is 6.42 Å². The Hall–Kier alpha value is -1.03. The lowest BCUT2D eigenvalue weighted by Gasteiger charge is -2.01. The molecule has 0 saturated heterocycles. The molecule has 3 nitrogen and oxygen atoms in total. The molecule has 0 heterocycles. The summed E-state index contributed by atoms with van der Waals surface area (Å²) in [5, 5.41) is 17.7. The van der Waals surface area contributed by atoms with E-state index in [-0.39, 0.29) is 12.2 Å². The second-order valence-corrected chi connectivity index (χ2v) is 3.11. The van der Waals surface area contributed by atoms with Crippen LogP contribution < -0.4 is 0 Å². The largest absolute Gasteiger partial charge is 0.507 e. The number of carboxylic acids is 1. The zero-order valence-electron chi connectivity index (χ0n) is 6.12. The molecule has 0 aliphatic heterocycles. The Labute approximate surface area is 77.8 Å². The lowest BCUT2D eigenvalue weighted by molar-refractivity contribution is -0.136. The normalized spacial score (nSPS) is 9.75. The number of aromatic hydroxyl groups is 1. The first-order chi connectivity index (χ1) is 5.61. The zero-order valence-corrected chi connectivity index (χ0v) is 7.71. The molecule has 0 radical (unpaired) electrons. The first-order valence-electron chi connectivity index (χ1n) is 3.29. The van der Waals surface area contributed by atoms with E-state index in [9.17, 15) is 9.90 Å². The minimum atomic E-state index is -0.915. The van der Waals surface area contributed by atoms with Crippen molar-refractivity contribution >= 4 is 21.9 Å². The molecule has 0 aliphatic rings. The van der Waals surface area contributed by atoms with Gasteiger partial charge in [-0.15, -0.1) is 0 Å². The number of benzene rings is 1. The van der Waals surface area contributed by atoms with Gasteiger partial charge in [0.1, 0.15) is 5.75 Å². The predicted octanol–water partition coefficient (Wildman–Crippen LogP) is 1.78. The van der Waals surface area contributed by atoms with Crippen molar-refractivity contribution < 1.29 is 15.0 Å². The fourth-order valence-electron chi connectivity index (χ4n) is 0.866. The molecule has 0 saturated carbocycles. The van der Waals surface area contributed by atoms with E-state index < -0.39 is 5.97 Å². The van der Waals surface area contributed by atoms with Crippen LogP contribution in [0.15, 0.2) is 22.7 Å². The second kappa shape index (κ2) is 3.58. The van der Waals surface area contributed by atoms with E-state index >= 15 is 0 Å². The average Bonchev–Trinajstić information content (AvgIpc) is 1.98. The summed E-state index contributed by atoms with van der Waals surface area (Å²) in [4.78, 5) is 10.3. The molecule has 0 fully saturated rings. The third-order valence-electron chi connectivity index (χ3n) is 1.40. The summed E-state index contributed by atoms with van der Waals surface area (Å²) >= 11 is 3.10. The number of carboxylic acid groups (broad SMARTS) is 1. The molecular formula is C8H7BrO3. The Morgan fingerprint density at radius 1 is 1.50 bits per heavy atom. The van der Waals surface area contributed by atoms with Crippen molar-refractivity contribution in [1.82, 2.24) is 0 Å². The average molecular weight is 231 g/mol. The van der Waals surface area contributed by atoms with Gasteiger partial charge in [0.25, 0.3) is 0 Å². The van der Waals surface area contributed by atoms with Crippen LogP contribution in [0.5, 0.6) is 5.75 Å². The van der Waals surface area contributed by atoms with E-state index in [4.69, 9.17) is 5.11 Å². The molecule has 64 valence electrons. The van der Waals surface area contributed by atoms with Gasteiger partial charge in [-0.1, -0.05) is 12.1 Å². The van der Waals surface area contributed by atoms with Crippen LogP contribution in [0.2, 0.25) is 0 Å². The van der Waals surface area contributed by atoms with Crippen molar-refractivity contribution in [3.05, 3.63) is 28.2 Å². The summed E-state index contributed by atoms with van der Waals surface area (Å²) in [6.07, 6.45) is -0.0883. The molecule has 1 rings (SSSR count). The van der Waals surface area contributed by atoms with Crippen LogP contribution >= 0.6 is 15.9 Å². The molecule has 0 aromatic heterocycles. The lowest BCUT2D eigenvalue weighted by Crippen LogP contribution is -2.00. The van der Waals surface area contributed by atoms with Crippen molar-refractivity contribution in [1.29, 1.82) is 0 Å². The molecule has 0 unspecified atom stereocenters. The van der Waals surface area contributed by atoms with Gasteiger partial charge in [-0.3, -0.25) is 4.79 Å². The van der Waals surface area contributed by atoms with Crippen molar-refractivity contribution in [2.75, 3.05) is 0 Å². The van der Waals surface area contributed by atoms with E-state index in [0.29, 0.717) is 10.0 Å². The maximum Gasteiger partial charge on any atom is 0.307 e. The highest BCUT2D eigenvalue weighted by molar-refractivity contribution is 9.10. The molecule has 1 aromatic carbocycles. The molecule has 0 aliphatic carbocycles. The maximum atomic E-state index is 10.3. The molecular weight excluding hydrogens is 224 g/mol. The quantitative estimate of drug-likeness (QED) is 0.815. The molecule has 0 bridgehead atoms. The van der Waals surface area contributed by atoms with Gasteiger partial charge >= 0.3 is 5.97 Å². The van der Waals surface area contributed by atoms with Crippen LogP contribution in [0.1, 0.15) is 5.56 Å². The van der Waals surface area contributed by atoms with Crippen LogP contribution in [-0.2, 0) is 11.2 Å². The van der Waals surface area contributed by atoms with E-state index in [1.54, 1.807) is 12.1 Å². The smallest absolute Gasteiger partial charge is 0.307 e. The molecule has 4 heteroatoms. The summed E-state index contributed by atoms with van der Waals surface area (Å²) in [7, 11) is 0. The van der Waals surface area contributed by atoms with Crippen LogP contribution in [0.3, 0.4) is 0 Å². The van der Waals surface area contributed by atoms with Gasteiger partial charge in [0.2, 0.25) is 0 Å². The summed E-state index contributed by atoms with van der Waals surface area (Å²) in [5.74, 6) is -0.852. The van der Waals surface area contributed by atoms with Gasteiger partial charge in [-0.25, -0.2) is 0 Å². The number of phenols is 1. The first kappa shape index (κ1) is 9.06. The third-order valence-corrected chi connectivity index (χ3v) is 2.32. The van der Waals surface area contributed by atoms with Gasteiger partial charge in [-0.2, -0.15) is 0 Å². The summed E-state index contributed by atoms with van der Waals surface area (Å²) < 4.78 is 0.451. The van der Waals surface area contributed by atoms with Crippen molar-refractivity contribution in [3.63, 3.8) is 0 Å². The van der Waals surface area contributed by atoms with Gasteiger partial charge in [0.05, 0.1) is 10.9 Å². The zero-order chi connectivity index (χ0) is 9.14. The summed E-state index contributed by atoms with van der Waals surface area (Å²) in [5.41, 5.74) is 0.572. The van der Waals surface area contributed by atoms with Crippen LogP contribution in [-0.4, -0.2) is 16.2 Å². The minimum absolute atomic E-state index is 0.0637. The van der Waals surface area contributed by atoms with Gasteiger partial charge in [0, 0.05) is 0 Å². The van der Waals surface area contributed by atoms with E-state index in [0.717, 1.165) is 0 Å². The highest BCUT2D eigenvalue weighted by atomic mass is 79.9. The third kappa shape index (κ3) is 1.98. The van der Waals surface area contributed by atoms with Crippen molar-refractivity contribution in [3.8, 4) is 5.75 Å². The molecule has 0 amide bonds. The Kier molecular flexibility index (Phi) is 2.70. The van der Waals surface area contributed by atoms with E-state index in [1.165, 1.54) is 6.07 Å². The Bertz CT molecular complexity index is 309. The fourth-order valence-corrected chi connectivity index (χ4v) is 1.27. The monoisotopic (exact) mass is 230 g/mol. The summed E-state index contributed by atoms with van der Waals surface area (Å²) in [6, 6.07) is 4.76. The van der Waals surface area contributed by atoms with Gasteiger partial charge in [0.15, 0.2) is 0 Å². The van der Waals surface area contributed by atoms with Crippen molar-refractivity contribution in [2.24, 2.45) is 0 Å². The second-order valence-electron chi connectivity index (χ2n) is 2.32. The molecule has 0 atom stereocenters. The van der Waals surface area contributed by atoms with E-state index in [2.05, 4.69) is 15.9 Å². The molecule has 1 aromatic rings. The number of aliphatic carboxylic acids is 1. The van der Waals surface area contributed by atoms with Crippen LogP contribution in [0, 0.1) is 0 Å². The molecule has 0 spiro atoms. The minimum Gasteiger partial charge on any atom is -0.507 e. The highest BCUT2D eigenvalue weighted by Crippen LogP contribution is 2.27. The number of hydrogen-bond acceptors (Lipinski definition) is 2. The van der Waals surface area contributed by atoms with Gasteiger partial charge in [-0.05, 0) is 27.6 Å². The maximum absolute atomic E-state index is 10.3. The van der Waals surface area contributed by atoms with Gasteiger partial charge < -0.3 is 10.2 Å². The SMILES string of the molecule is O=C(O)Cc1cccc(O)c1Br. The fraction of sp³-hybridized carbons (Fsp3) is 0.125. The Morgan fingerprint density at radius 3 is 2.75 bits per heavy atom. The molecule has 12 heavy (non-hydrogen) atoms. The van der Waals surface area contributed by atoms with Crippen LogP contribution in [0.25, 0.3) is 0 Å². The highest BCUT2D eigenvalue weighted by Gasteiger charge is 2.07. The number of rotatable bonds is 2. The summed E-state index contributed by atoms with van der Waals surface area (Å²) in [6.45, 7) is 0. The predicted molar refractivity (Wildman–Crippen MR) is 47.1 cm³/mol. The lowest BCUT2D eigenvalue weighted by atomic mass is 10.1. The Morgan fingerprint density at radius 2 is 2.17 bits per heavy atom. The molecule has 2 N–H and O–H groups in total. The number of phenolic OH excluding ortho intramolecular Hbond substituents is 1. The Balaban J connectivity index is 3.00. The van der Waals surface area contributed by atoms with Crippen LogP contribution in [0.4, 0.5) is 0 Å². The topological polar surface area (TPSA) is 57.5 Å².